The Balaban J connectivity index is 1.41. The number of alkyl halides is 1. The van der Waals surface area contributed by atoms with Crippen LogP contribution < -0.4 is 16.0 Å². The third-order valence-corrected chi connectivity index (χ3v) is 7.42. The van der Waals surface area contributed by atoms with E-state index in [4.69, 9.17) is 4.99 Å². The monoisotopic (exact) mass is 496 g/mol. The molecule has 2 aliphatic heterocycles. The molecule has 0 saturated carbocycles. The minimum absolute atomic E-state index is 0.0726. The summed E-state index contributed by atoms with van der Waals surface area (Å²) in [5.74, 6) is 1.70. The SMILES string of the molecule is CCN=C1NC(NC2=CC(F)C(n3ncnc3C)C=C2)N(C)C2=C1CNCC2C1C=CC(F)=C[C@@H]1C. The van der Waals surface area contributed by atoms with Gasteiger partial charge < -0.3 is 20.9 Å². The highest BCUT2D eigenvalue weighted by atomic mass is 19.1. The van der Waals surface area contributed by atoms with Gasteiger partial charge in [0, 0.05) is 49.6 Å². The third-order valence-electron chi connectivity index (χ3n) is 7.42. The third kappa shape index (κ3) is 4.50. The molecule has 4 aliphatic rings. The van der Waals surface area contributed by atoms with Crippen LogP contribution in [0.3, 0.4) is 0 Å². The molecule has 5 rings (SSSR count). The smallest absolute Gasteiger partial charge is 0.176 e. The van der Waals surface area contributed by atoms with Crippen molar-refractivity contribution in [1.82, 2.24) is 35.6 Å². The number of nitrogens with zero attached hydrogens (tertiary/aromatic N) is 5. The van der Waals surface area contributed by atoms with Gasteiger partial charge >= 0.3 is 0 Å². The van der Waals surface area contributed by atoms with Crippen LogP contribution in [0.25, 0.3) is 0 Å². The predicted octanol–water partition coefficient (Wildman–Crippen LogP) is 2.90. The molecule has 1 aromatic rings. The van der Waals surface area contributed by atoms with Gasteiger partial charge in [0.1, 0.15) is 36.0 Å². The van der Waals surface area contributed by atoms with Gasteiger partial charge in [-0.3, -0.25) is 4.99 Å². The molecular weight excluding hydrogens is 462 g/mol. The van der Waals surface area contributed by atoms with Gasteiger partial charge in [0.25, 0.3) is 0 Å². The summed E-state index contributed by atoms with van der Waals surface area (Å²) in [6.07, 6.45) is 10.4. The van der Waals surface area contributed by atoms with Crippen LogP contribution in [0.4, 0.5) is 8.78 Å². The number of aromatic nitrogens is 3. The first kappa shape index (κ1) is 24.4. The first-order valence-electron chi connectivity index (χ1n) is 12.6. The van der Waals surface area contributed by atoms with E-state index < -0.39 is 12.2 Å². The van der Waals surface area contributed by atoms with Gasteiger partial charge in [-0.05, 0) is 50.0 Å². The van der Waals surface area contributed by atoms with Crippen molar-refractivity contribution in [2.75, 3.05) is 26.7 Å². The topological polar surface area (TPSA) is 82.4 Å². The Morgan fingerprint density at radius 2 is 2.08 bits per heavy atom. The van der Waals surface area contributed by atoms with Crippen LogP contribution in [0.2, 0.25) is 0 Å². The lowest BCUT2D eigenvalue weighted by Gasteiger charge is -2.47. The van der Waals surface area contributed by atoms with Gasteiger partial charge in [-0.25, -0.2) is 18.4 Å². The van der Waals surface area contributed by atoms with Crippen LogP contribution >= 0.6 is 0 Å². The molecule has 0 aromatic carbocycles. The lowest BCUT2D eigenvalue weighted by Crippen LogP contribution is -2.62. The van der Waals surface area contributed by atoms with Crippen molar-refractivity contribution in [2.24, 2.45) is 22.7 Å². The fourth-order valence-electron chi connectivity index (χ4n) is 5.65. The molecule has 1 aromatic heterocycles. The van der Waals surface area contributed by atoms with Crippen molar-refractivity contribution in [2.45, 2.75) is 39.3 Å². The number of allylic oxidation sites excluding steroid dienone is 7. The standard InChI is InChI=1S/C26H34F2N8/c1-5-30-25-21-13-29-12-20(19-8-6-17(27)10-15(19)2)24(21)35(4)26(34-25)33-18-7-9-23(22(28)11-18)36-16(3)31-14-32-36/h6-11,14-15,19-20,22-23,26,29,33H,5,12-13H2,1-4H3,(H,30,34)/t15-,19?,20?,22?,23?,26?/m0/s1. The summed E-state index contributed by atoms with van der Waals surface area (Å²) < 4.78 is 30.6. The first-order valence-corrected chi connectivity index (χ1v) is 12.6. The van der Waals surface area contributed by atoms with Crippen LogP contribution in [0, 0.1) is 24.7 Å². The van der Waals surface area contributed by atoms with Gasteiger partial charge in [0.2, 0.25) is 0 Å². The Hall–Kier alpha value is -3.27. The van der Waals surface area contributed by atoms with E-state index in [1.165, 1.54) is 12.0 Å². The molecule has 0 amide bonds. The predicted molar refractivity (Wildman–Crippen MR) is 136 cm³/mol. The molecule has 0 radical (unpaired) electrons. The van der Waals surface area contributed by atoms with Crippen molar-refractivity contribution in [3.05, 3.63) is 71.4 Å². The van der Waals surface area contributed by atoms with Crippen LogP contribution in [0.5, 0.6) is 0 Å². The van der Waals surface area contributed by atoms with Gasteiger partial charge in [-0.2, -0.15) is 5.10 Å². The van der Waals surface area contributed by atoms with E-state index in [1.54, 1.807) is 22.9 Å². The minimum atomic E-state index is -1.24. The van der Waals surface area contributed by atoms with E-state index >= 15 is 4.39 Å². The van der Waals surface area contributed by atoms with Crippen LogP contribution in [0.15, 0.2) is 70.6 Å². The summed E-state index contributed by atoms with van der Waals surface area (Å²) in [6, 6.07) is -0.525. The lowest BCUT2D eigenvalue weighted by atomic mass is 9.75. The van der Waals surface area contributed by atoms with Crippen molar-refractivity contribution in [1.29, 1.82) is 0 Å². The van der Waals surface area contributed by atoms with Crippen molar-refractivity contribution >= 4 is 5.84 Å². The second-order valence-corrected chi connectivity index (χ2v) is 9.74. The van der Waals surface area contributed by atoms with Gasteiger partial charge in [0.05, 0.1) is 0 Å². The van der Waals surface area contributed by atoms with Gasteiger partial charge in [-0.15, -0.1) is 0 Å². The summed E-state index contributed by atoms with van der Waals surface area (Å²) in [4.78, 5) is 11.0. The Kier molecular flexibility index (Phi) is 6.79. The number of aliphatic imine (C=N–C) groups is 1. The highest BCUT2D eigenvalue weighted by molar-refractivity contribution is 6.00. The van der Waals surface area contributed by atoms with E-state index in [-0.39, 0.29) is 29.9 Å². The molecule has 0 fully saturated rings. The second kappa shape index (κ2) is 10.0. The maximum atomic E-state index is 15.2. The Bertz CT molecular complexity index is 1180. The lowest BCUT2D eigenvalue weighted by molar-refractivity contribution is 0.183. The Morgan fingerprint density at radius 1 is 1.25 bits per heavy atom. The number of hydrogen-bond donors (Lipinski definition) is 3. The molecule has 0 saturated heterocycles. The zero-order valence-corrected chi connectivity index (χ0v) is 21.1. The summed E-state index contributed by atoms with van der Waals surface area (Å²) >= 11 is 0. The van der Waals surface area contributed by atoms with Gasteiger partial charge in [-0.1, -0.05) is 19.1 Å². The average Bonchev–Trinajstić information content (AvgIpc) is 3.27. The van der Waals surface area contributed by atoms with E-state index in [1.807, 2.05) is 39.1 Å². The zero-order valence-electron chi connectivity index (χ0n) is 21.1. The molecule has 3 heterocycles. The molecular formula is C26H34F2N8. The number of nitrogens with one attached hydrogen (secondary N) is 3. The maximum Gasteiger partial charge on any atom is 0.176 e. The second-order valence-electron chi connectivity index (χ2n) is 9.74. The number of rotatable bonds is 5. The number of hydrogen-bond acceptors (Lipinski definition) is 6. The van der Waals surface area contributed by atoms with Crippen LogP contribution in [0.1, 0.15) is 25.7 Å². The van der Waals surface area contributed by atoms with E-state index in [9.17, 15) is 4.39 Å². The molecule has 3 N–H and O–H groups in total. The molecule has 0 spiro atoms. The molecule has 192 valence electrons. The highest BCUT2D eigenvalue weighted by Gasteiger charge is 2.40. The maximum absolute atomic E-state index is 15.2. The Labute approximate surface area is 210 Å². The molecule has 6 atom stereocenters. The number of halogens is 2. The number of aryl methyl sites for hydroxylation is 1. The normalized spacial score (nSPS) is 33.3. The molecule has 0 bridgehead atoms. The van der Waals surface area contributed by atoms with Gasteiger partial charge in [0.15, 0.2) is 6.29 Å². The molecule has 10 heteroatoms. The Morgan fingerprint density at radius 3 is 2.78 bits per heavy atom. The largest absolute Gasteiger partial charge is 0.348 e. The van der Waals surface area contributed by atoms with Crippen molar-refractivity contribution in [3.63, 3.8) is 0 Å². The fourth-order valence-corrected chi connectivity index (χ4v) is 5.65. The van der Waals surface area contributed by atoms with Crippen molar-refractivity contribution in [3.8, 4) is 0 Å². The summed E-state index contributed by atoms with van der Waals surface area (Å²) in [6.45, 7) is 8.02. The minimum Gasteiger partial charge on any atom is -0.348 e. The van der Waals surface area contributed by atoms with E-state index in [0.29, 0.717) is 24.6 Å². The zero-order chi connectivity index (χ0) is 25.4. The highest BCUT2D eigenvalue weighted by Crippen LogP contribution is 2.38. The average molecular weight is 497 g/mol. The summed E-state index contributed by atoms with van der Waals surface area (Å²) in [5.41, 5.74) is 2.99. The quantitative estimate of drug-likeness (QED) is 0.582. The molecule has 36 heavy (non-hydrogen) atoms. The van der Waals surface area contributed by atoms with Crippen molar-refractivity contribution < 1.29 is 8.78 Å². The van der Waals surface area contributed by atoms with Crippen LogP contribution in [-0.4, -0.2) is 64.6 Å². The summed E-state index contributed by atoms with van der Waals surface area (Å²) in [5, 5.41) is 14.7. The molecule has 5 unspecified atom stereocenters. The van der Waals surface area contributed by atoms with E-state index in [2.05, 4.69) is 37.9 Å². The number of amidine groups is 1. The van der Waals surface area contributed by atoms with Crippen LogP contribution in [-0.2, 0) is 0 Å². The fraction of sp³-hybridized carbons (Fsp3) is 0.500. The van der Waals surface area contributed by atoms with E-state index in [0.717, 1.165) is 18.0 Å². The molecule has 2 aliphatic carbocycles. The first-order chi connectivity index (χ1) is 17.4. The summed E-state index contributed by atoms with van der Waals surface area (Å²) in [7, 11) is 2.04. The molecule has 8 nitrogen and oxygen atoms in total.